The molecule has 16 heavy (non-hydrogen) atoms. The zero-order valence-corrected chi connectivity index (χ0v) is 8.95. The van der Waals surface area contributed by atoms with Crippen molar-refractivity contribution >= 4 is 11.8 Å². The minimum Gasteiger partial charge on any atom is -0.438 e. The molecule has 1 fully saturated rings. The fraction of sp³-hybridized carbons (Fsp3) is 0.500. The summed E-state index contributed by atoms with van der Waals surface area (Å²) in [6.07, 6.45) is 2.35. The van der Waals surface area contributed by atoms with Crippen LogP contribution >= 0.6 is 0 Å². The van der Waals surface area contributed by atoms with Gasteiger partial charge in [-0.25, -0.2) is 4.98 Å². The molecule has 0 saturated carbocycles. The highest BCUT2D eigenvalue weighted by molar-refractivity contribution is 5.92. The van der Waals surface area contributed by atoms with Crippen LogP contribution in [-0.2, 0) is 4.79 Å². The van der Waals surface area contributed by atoms with E-state index in [1.165, 1.54) is 6.39 Å². The highest BCUT2D eigenvalue weighted by Gasteiger charge is 2.22. The van der Waals surface area contributed by atoms with E-state index in [4.69, 9.17) is 4.42 Å². The maximum absolute atomic E-state index is 11.7. The number of carbonyl (C=O) groups excluding carboxylic acids is 2. The zero-order chi connectivity index (χ0) is 11.5. The number of hydrogen-bond donors (Lipinski definition) is 2. The van der Waals surface area contributed by atoms with E-state index in [1.807, 2.05) is 0 Å². The molecule has 0 aromatic carbocycles. The lowest BCUT2D eigenvalue weighted by Gasteiger charge is -2.22. The van der Waals surface area contributed by atoms with Crippen molar-refractivity contribution in [3.63, 3.8) is 0 Å². The lowest BCUT2D eigenvalue weighted by molar-refractivity contribution is -0.122. The quantitative estimate of drug-likeness (QED) is 0.738. The van der Waals surface area contributed by atoms with Crippen LogP contribution in [0, 0.1) is 6.92 Å². The molecule has 0 spiro atoms. The molecule has 1 aromatic heterocycles. The highest BCUT2D eigenvalue weighted by Crippen LogP contribution is 2.07. The topological polar surface area (TPSA) is 84.2 Å². The van der Waals surface area contributed by atoms with Crippen molar-refractivity contribution in [1.29, 1.82) is 0 Å². The molecule has 86 valence electrons. The van der Waals surface area contributed by atoms with E-state index in [0.29, 0.717) is 25.1 Å². The molecule has 6 heteroatoms. The van der Waals surface area contributed by atoms with Gasteiger partial charge in [0.25, 0.3) is 5.91 Å². The second kappa shape index (κ2) is 4.34. The molecule has 1 atom stereocenters. The lowest BCUT2D eigenvalue weighted by Crippen LogP contribution is -2.47. The Morgan fingerprint density at radius 1 is 1.69 bits per heavy atom. The molecule has 2 heterocycles. The summed E-state index contributed by atoms with van der Waals surface area (Å²) in [4.78, 5) is 26.5. The molecule has 2 N–H and O–H groups in total. The number of hydrogen-bond acceptors (Lipinski definition) is 4. The first-order chi connectivity index (χ1) is 7.66. The molecule has 1 saturated heterocycles. The first-order valence-corrected chi connectivity index (χ1v) is 5.14. The van der Waals surface area contributed by atoms with E-state index in [1.54, 1.807) is 6.92 Å². The van der Waals surface area contributed by atoms with Gasteiger partial charge in [0.2, 0.25) is 11.7 Å². The Balaban J connectivity index is 1.93. The van der Waals surface area contributed by atoms with Crippen LogP contribution in [0.2, 0.25) is 0 Å². The van der Waals surface area contributed by atoms with Crippen molar-refractivity contribution in [1.82, 2.24) is 15.6 Å². The van der Waals surface area contributed by atoms with Crippen LogP contribution in [0.25, 0.3) is 0 Å². The van der Waals surface area contributed by atoms with Crippen LogP contribution in [0.1, 0.15) is 29.1 Å². The second-order valence-electron chi connectivity index (χ2n) is 3.78. The number of nitrogens with zero attached hydrogens (tertiary/aromatic N) is 1. The van der Waals surface area contributed by atoms with Crippen LogP contribution in [0.5, 0.6) is 0 Å². The third-order valence-electron chi connectivity index (χ3n) is 2.55. The number of oxazole rings is 1. The van der Waals surface area contributed by atoms with Crippen LogP contribution in [-0.4, -0.2) is 29.4 Å². The third-order valence-corrected chi connectivity index (χ3v) is 2.55. The second-order valence-corrected chi connectivity index (χ2v) is 3.78. The van der Waals surface area contributed by atoms with Crippen molar-refractivity contribution < 1.29 is 14.0 Å². The van der Waals surface area contributed by atoms with Crippen LogP contribution in [0.4, 0.5) is 0 Å². The van der Waals surface area contributed by atoms with Gasteiger partial charge in [-0.2, -0.15) is 0 Å². The first kappa shape index (κ1) is 10.7. The molecule has 1 aliphatic rings. The Morgan fingerprint density at radius 3 is 3.06 bits per heavy atom. The van der Waals surface area contributed by atoms with Gasteiger partial charge in [0, 0.05) is 19.0 Å². The Morgan fingerprint density at radius 2 is 2.50 bits per heavy atom. The lowest BCUT2D eigenvalue weighted by atomic mass is 10.1. The number of carbonyl (C=O) groups is 2. The van der Waals surface area contributed by atoms with Gasteiger partial charge in [0.05, 0.1) is 5.69 Å². The van der Waals surface area contributed by atoms with Gasteiger partial charge in [0.15, 0.2) is 6.39 Å². The average molecular weight is 223 g/mol. The summed E-state index contributed by atoms with van der Waals surface area (Å²) < 4.78 is 4.98. The molecule has 2 rings (SSSR count). The van der Waals surface area contributed by atoms with Gasteiger partial charge in [-0.1, -0.05) is 0 Å². The summed E-state index contributed by atoms with van der Waals surface area (Å²) >= 11 is 0. The summed E-state index contributed by atoms with van der Waals surface area (Å²) in [5, 5.41) is 5.49. The number of piperidine rings is 1. The van der Waals surface area contributed by atoms with Gasteiger partial charge in [-0.15, -0.1) is 0 Å². The Bertz CT molecular complexity index is 403. The molecule has 6 nitrogen and oxygen atoms in total. The van der Waals surface area contributed by atoms with Crippen molar-refractivity contribution in [2.24, 2.45) is 0 Å². The van der Waals surface area contributed by atoms with E-state index >= 15 is 0 Å². The van der Waals surface area contributed by atoms with Gasteiger partial charge in [-0.05, 0) is 13.3 Å². The molecule has 2 amide bonds. The van der Waals surface area contributed by atoms with Crippen LogP contribution in [0.15, 0.2) is 10.8 Å². The van der Waals surface area contributed by atoms with Crippen LogP contribution in [0.3, 0.4) is 0 Å². The van der Waals surface area contributed by atoms with Crippen LogP contribution < -0.4 is 10.6 Å². The predicted molar refractivity (Wildman–Crippen MR) is 54.7 cm³/mol. The van der Waals surface area contributed by atoms with E-state index < -0.39 is 0 Å². The maximum atomic E-state index is 11.7. The van der Waals surface area contributed by atoms with E-state index in [-0.39, 0.29) is 23.6 Å². The Hall–Kier alpha value is -1.85. The Kier molecular flexibility index (Phi) is 2.89. The zero-order valence-electron chi connectivity index (χ0n) is 8.95. The molecule has 1 aliphatic heterocycles. The molecular weight excluding hydrogens is 210 g/mol. The van der Waals surface area contributed by atoms with E-state index in [0.717, 1.165) is 0 Å². The van der Waals surface area contributed by atoms with Crippen molar-refractivity contribution in [3.8, 4) is 0 Å². The highest BCUT2D eigenvalue weighted by atomic mass is 16.3. The van der Waals surface area contributed by atoms with Crippen molar-refractivity contribution in [2.45, 2.75) is 25.8 Å². The van der Waals surface area contributed by atoms with Gasteiger partial charge < -0.3 is 15.1 Å². The summed E-state index contributed by atoms with van der Waals surface area (Å²) in [5.74, 6) is -0.0191. The number of amides is 2. The van der Waals surface area contributed by atoms with Crippen molar-refractivity contribution in [2.75, 3.05) is 6.54 Å². The maximum Gasteiger partial charge on any atom is 0.289 e. The minimum absolute atomic E-state index is 0.0290. The standard InChI is InChI=1S/C10H13N3O3/c1-6-9(16-5-12-6)10(15)13-7-2-3-8(14)11-4-7/h5,7H,2-4H2,1H3,(H,11,14)(H,13,15). The monoisotopic (exact) mass is 223 g/mol. The Labute approximate surface area is 92.4 Å². The smallest absolute Gasteiger partial charge is 0.289 e. The summed E-state index contributed by atoms with van der Waals surface area (Å²) in [7, 11) is 0. The van der Waals surface area contributed by atoms with Gasteiger partial charge in [0.1, 0.15) is 0 Å². The molecule has 0 aliphatic carbocycles. The average Bonchev–Trinajstić information content (AvgIpc) is 2.68. The molecule has 1 aromatic rings. The third kappa shape index (κ3) is 2.21. The van der Waals surface area contributed by atoms with E-state index in [2.05, 4.69) is 15.6 Å². The number of aromatic nitrogens is 1. The normalized spacial score (nSPS) is 20.3. The number of aryl methyl sites for hydroxylation is 1. The fourth-order valence-electron chi connectivity index (χ4n) is 1.63. The largest absolute Gasteiger partial charge is 0.438 e. The molecule has 1 unspecified atom stereocenters. The van der Waals surface area contributed by atoms with Gasteiger partial charge in [-0.3, -0.25) is 9.59 Å². The fourth-order valence-corrected chi connectivity index (χ4v) is 1.63. The van der Waals surface area contributed by atoms with E-state index in [9.17, 15) is 9.59 Å². The number of nitrogens with one attached hydrogen (secondary N) is 2. The summed E-state index contributed by atoms with van der Waals surface area (Å²) in [6.45, 7) is 2.18. The molecular formula is C10H13N3O3. The summed E-state index contributed by atoms with van der Waals surface area (Å²) in [6, 6.07) is -0.0327. The molecule has 0 radical (unpaired) electrons. The summed E-state index contributed by atoms with van der Waals surface area (Å²) in [5.41, 5.74) is 0.567. The van der Waals surface area contributed by atoms with Gasteiger partial charge >= 0.3 is 0 Å². The minimum atomic E-state index is -0.281. The first-order valence-electron chi connectivity index (χ1n) is 5.14. The number of rotatable bonds is 2. The van der Waals surface area contributed by atoms with Crippen molar-refractivity contribution in [3.05, 3.63) is 17.8 Å². The predicted octanol–water partition coefficient (Wildman–Crippen LogP) is -0.00858. The SMILES string of the molecule is Cc1ncoc1C(=O)NC1CCC(=O)NC1. The molecule has 0 bridgehead atoms.